The van der Waals surface area contributed by atoms with Crippen LogP contribution in [-0.4, -0.2) is 23.4 Å². The molecule has 0 unspecified atom stereocenters. The second-order valence-electron chi connectivity index (χ2n) is 6.01. The smallest absolute Gasteiger partial charge is 0.433 e. The van der Waals surface area contributed by atoms with Crippen LogP contribution in [0.4, 0.5) is 5.88 Å². The Hall–Kier alpha value is -3.42. The number of carbonyl (C=O) groups is 2. The van der Waals surface area contributed by atoms with Crippen molar-refractivity contribution in [1.29, 1.82) is 0 Å². The summed E-state index contributed by atoms with van der Waals surface area (Å²) in [5, 5.41) is 13.3. The van der Waals surface area contributed by atoms with E-state index in [-0.39, 0.29) is 11.8 Å². The van der Waals surface area contributed by atoms with Crippen LogP contribution in [0.1, 0.15) is 35.4 Å². The molecule has 0 fully saturated rings. The van der Waals surface area contributed by atoms with Gasteiger partial charge in [-0.05, 0) is 49.6 Å². The van der Waals surface area contributed by atoms with Gasteiger partial charge in [0.2, 0.25) is 0 Å². The average molecular weight is 372 g/mol. The van der Waals surface area contributed by atoms with E-state index in [4.69, 9.17) is 9.15 Å². The van der Waals surface area contributed by atoms with Crippen molar-refractivity contribution in [3.8, 4) is 0 Å². The minimum Gasteiger partial charge on any atom is -0.452 e. The zero-order valence-electron chi connectivity index (χ0n) is 15.2. The highest BCUT2D eigenvalue weighted by molar-refractivity contribution is 5.89. The van der Waals surface area contributed by atoms with Crippen molar-refractivity contribution < 1.29 is 23.7 Å². The van der Waals surface area contributed by atoms with Gasteiger partial charge in [0.1, 0.15) is 10.7 Å². The largest absolute Gasteiger partial charge is 0.452 e. The van der Waals surface area contributed by atoms with Crippen LogP contribution in [0.2, 0.25) is 0 Å². The number of nitrogens with zero attached hydrogens (tertiary/aromatic N) is 1. The van der Waals surface area contributed by atoms with E-state index in [1.807, 2.05) is 39.0 Å². The van der Waals surface area contributed by atoms with Crippen LogP contribution in [0.5, 0.6) is 0 Å². The summed E-state index contributed by atoms with van der Waals surface area (Å²) in [6.45, 7) is 5.41. The number of aryl methyl sites for hydroxylation is 2. The second-order valence-corrected chi connectivity index (χ2v) is 6.01. The third-order valence-corrected chi connectivity index (χ3v) is 3.93. The summed E-state index contributed by atoms with van der Waals surface area (Å²) in [7, 11) is 0. The molecule has 1 amide bonds. The SMILES string of the molecule is Cc1ccc([C@H](C)NC(=O)COC(=O)/C=C/c2ccc([N+](=O)[O-])o2)cc1C. The van der Waals surface area contributed by atoms with Crippen LogP contribution in [0.15, 0.2) is 40.8 Å². The van der Waals surface area contributed by atoms with Gasteiger partial charge in [-0.3, -0.25) is 14.9 Å². The highest BCUT2D eigenvalue weighted by Crippen LogP contribution is 2.17. The average Bonchev–Trinajstić information content (AvgIpc) is 3.09. The van der Waals surface area contributed by atoms with Crippen LogP contribution >= 0.6 is 0 Å². The molecule has 142 valence electrons. The second kappa shape index (κ2) is 8.79. The summed E-state index contributed by atoms with van der Waals surface area (Å²) in [5.74, 6) is -1.49. The molecule has 0 radical (unpaired) electrons. The molecular weight excluding hydrogens is 352 g/mol. The fourth-order valence-electron chi connectivity index (χ4n) is 2.27. The minimum atomic E-state index is -0.761. The zero-order chi connectivity index (χ0) is 20.0. The monoisotopic (exact) mass is 372 g/mol. The zero-order valence-corrected chi connectivity index (χ0v) is 15.2. The molecule has 8 nitrogen and oxygen atoms in total. The first kappa shape index (κ1) is 19.9. The van der Waals surface area contributed by atoms with Gasteiger partial charge in [-0.15, -0.1) is 0 Å². The number of hydrogen-bond acceptors (Lipinski definition) is 6. The summed E-state index contributed by atoms with van der Waals surface area (Å²) in [4.78, 5) is 33.4. The number of nitrogens with one attached hydrogen (secondary N) is 1. The van der Waals surface area contributed by atoms with Gasteiger partial charge in [-0.1, -0.05) is 18.2 Å². The minimum absolute atomic E-state index is 0.131. The Balaban J connectivity index is 1.81. The normalized spacial score (nSPS) is 12.0. The first-order valence-electron chi connectivity index (χ1n) is 8.22. The van der Waals surface area contributed by atoms with Gasteiger partial charge in [0.05, 0.1) is 12.1 Å². The van der Waals surface area contributed by atoms with E-state index in [1.54, 1.807) is 0 Å². The maximum atomic E-state index is 11.9. The lowest BCUT2D eigenvalue weighted by Gasteiger charge is -2.15. The summed E-state index contributed by atoms with van der Waals surface area (Å²) < 4.78 is 9.71. The number of esters is 1. The van der Waals surface area contributed by atoms with E-state index >= 15 is 0 Å². The molecule has 0 saturated carbocycles. The van der Waals surface area contributed by atoms with E-state index in [0.717, 1.165) is 17.2 Å². The van der Waals surface area contributed by atoms with Gasteiger partial charge in [0.25, 0.3) is 5.91 Å². The van der Waals surface area contributed by atoms with Crippen molar-refractivity contribution in [3.05, 3.63) is 69.0 Å². The molecule has 8 heteroatoms. The van der Waals surface area contributed by atoms with Crippen LogP contribution in [0, 0.1) is 24.0 Å². The molecule has 2 aromatic rings. The lowest BCUT2D eigenvalue weighted by molar-refractivity contribution is -0.402. The summed E-state index contributed by atoms with van der Waals surface area (Å²) in [6, 6.07) is 8.21. The van der Waals surface area contributed by atoms with E-state index in [9.17, 15) is 19.7 Å². The standard InChI is InChI=1S/C19H20N2O6/c1-12-4-5-15(10-13(12)2)14(3)20-17(22)11-26-19(23)9-7-16-6-8-18(27-16)21(24)25/h4-10,14H,11H2,1-3H3,(H,20,22)/b9-7+/t14-/m0/s1. The predicted octanol–water partition coefficient (Wildman–Crippen LogP) is 3.24. The number of nitro groups is 1. The predicted molar refractivity (Wildman–Crippen MR) is 97.8 cm³/mol. The van der Waals surface area contributed by atoms with E-state index < -0.39 is 29.3 Å². The number of ether oxygens (including phenoxy) is 1. The number of rotatable bonds is 7. The molecule has 0 aliphatic rings. The maximum absolute atomic E-state index is 11.9. The molecule has 0 aliphatic heterocycles. The molecular formula is C19H20N2O6. The van der Waals surface area contributed by atoms with Crippen molar-refractivity contribution in [2.75, 3.05) is 6.61 Å². The van der Waals surface area contributed by atoms with Crippen LogP contribution in [-0.2, 0) is 14.3 Å². The Morgan fingerprint density at radius 2 is 2.00 bits per heavy atom. The fourth-order valence-corrected chi connectivity index (χ4v) is 2.27. The van der Waals surface area contributed by atoms with Gasteiger partial charge in [0.15, 0.2) is 6.61 Å². The van der Waals surface area contributed by atoms with Crippen molar-refractivity contribution >= 4 is 23.8 Å². The Morgan fingerprint density at radius 1 is 1.26 bits per heavy atom. The van der Waals surface area contributed by atoms with Crippen LogP contribution in [0.25, 0.3) is 6.08 Å². The molecule has 1 aromatic carbocycles. The molecule has 0 spiro atoms. The molecule has 2 rings (SSSR count). The Labute approximate surface area is 156 Å². The molecule has 0 bridgehead atoms. The van der Waals surface area contributed by atoms with Crippen molar-refractivity contribution in [2.45, 2.75) is 26.8 Å². The summed E-state index contributed by atoms with van der Waals surface area (Å²) in [6.07, 6.45) is 2.26. The number of furan rings is 1. The maximum Gasteiger partial charge on any atom is 0.433 e. The summed E-state index contributed by atoms with van der Waals surface area (Å²) >= 11 is 0. The Morgan fingerprint density at radius 3 is 2.63 bits per heavy atom. The molecule has 1 N–H and O–H groups in total. The van der Waals surface area contributed by atoms with Gasteiger partial charge in [-0.2, -0.15) is 0 Å². The van der Waals surface area contributed by atoms with Crippen LogP contribution < -0.4 is 5.32 Å². The molecule has 1 aromatic heterocycles. The van der Waals surface area contributed by atoms with Crippen molar-refractivity contribution in [2.24, 2.45) is 0 Å². The first-order chi connectivity index (χ1) is 12.8. The van der Waals surface area contributed by atoms with Gasteiger partial charge < -0.3 is 14.5 Å². The fraction of sp³-hybridized carbons (Fsp3) is 0.263. The number of hydrogen-bond donors (Lipinski definition) is 1. The van der Waals surface area contributed by atoms with E-state index in [0.29, 0.717) is 0 Å². The molecule has 27 heavy (non-hydrogen) atoms. The first-order valence-corrected chi connectivity index (χ1v) is 8.22. The third-order valence-electron chi connectivity index (χ3n) is 3.93. The lowest BCUT2D eigenvalue weighted by Crippen LogP contribution is -2.31. The molecule has 1 heterocycles. The summed E-state index contributed by atoms with van der Waals surface area (Å²) in [5.41, 5.74) is 3.25. The van der Waals surface area contributed by atoms with Gasteiger partial charge >= 0.3 is 11.9 Å². The van der Waals surface area contributed by atoms with Gasteiger partial charge in [0, 0.05) is 6.08 Å². The number of carbonyl (C=O) groups excluding carboxylic acids is 2. The topological polar surface area (TPSA) is 112 Å². The number of amides is 1. The molecule has 0 aliphatic carbocycles. The Kier molecular flexibility index (Phi) is 6.48. The lowest BCUT2D eigenvalue weighted by atomic mass is 10.0. The van der Waals surface area contributed by atoms with Crippen molar-refractivity contribution in [3.63, 3.8) is 0 Å². The van der Waals surface area contributed by atoms with Crippen molar-refractivity contribution in [1.82, 2.24) is 5.32 Å². The highest BCUT2D eigenvalue weighted by atomic mass is 16.6. The number of benzene rings is 1. The van der Waals surface area contributed by atoms with E-state index in [1.165, 1.54) is 23.8 Å². The van der Waals surface area contributed by atoms with Crippen LogP contribution in [0.3, 0.4) is 0 Å². The molecule has 0 saturated heterocycles. The van der Waals surface area contributed by atoms with Gasteiger partial charge in [-0.25, -0.2) is 4.79 Å². The Bertz CT molecular complexity index is 884. The highest BCUT2D eigenvalue weighted by Gasteiger charge is 2.13. The van der Waals surface area contributed by atoms with E-state index in [2.05, 4.69) is 5.32 Å². The third kappa shape index (κ3) is 5.81. The quantitative estimate of drug-likeness (QED) is 0.346. The molecule has 1 atom stereocenters.